The maximum Gasteiger partial charge on any atom is 0.271 e. The molecule has 3 aromatic rings. The molecule has 0 spiro atoms. The fraction of sp³-hybridized carbons (Fsp3) is 0. The number of nitrogens with zero attached hydrogens (tertiary/aromatic N) is 1. The van der Waals surface area contributed by atoms with Crippen LogP contribution in [0.3, 0.4) is 0 Å². The zero-order chi connectivity index (χ0) is 19.9. The first kappa shape index (κ1) is 19.2. The van der Waals surface area contributed by atoms with Gasteiger partial charge in [-0.05, 0) is 53.1 Å². The Hall–Kier alpha value is -3.57. The Morgan fingerprint density at radius 1 is 0.893 bits per heavy atom. The third-order valence-corrected chi connectivity index (χ3v) is 4.14. The number of hydrogen-bond donors (Lipinski definition) is 3. The van der Waals surface area contributed by atoms with Gasteiger partial charge in [0.2, 0.25) is 0 Å². The summed E-state index contributed by atoms with van der Waals surface area (Å²) in [6.45, 7) is 0. The van der Waals surface area contributed by atoms with Crippen molar-refractivity contribution in [3.8, 4) is 11.5 Å². The molecule has 0 radical (unpaired) electrons. The van der Waals surface area contributed by atoms with Crippen molar-refractivity contribution >= 4 is 35.9 Å². The molecule has 0 aliphatic carbocycles. The second kappa shape index (κ2) is 8.88. The van der Waals surface area contributed by atoms with Crippen molar-refractivity contribution < 1.29 is 15.0 Å². The lowest BCUT2D eigenvalue weighted by atomic mass is 10.1. The molecule has 6 heteroatoms. The first-order chi connectivity index (χ1) is 13.5. The highest BCUT2D eigenvalue weighted by Crippen LogP contribution is 2.23. The number of aromatic hydroxyl groups is 2. The average molecular weight is 393 g/mol. The third kappa shape index (κ3) is 5.22. The van der Waals surface area contributed by atoms with E-state index in [0.29, 0.717) is 5.56 Å². The molecular formula is C22H17ClN2O3. The molecule has 0 aliphatic rings. The molecule has 1 amide bonds. The Morgan fingerprint density at radius 2 is 1.57 bits per heavy atom. The van der Waals surface area contributed by atoms with Gasteiger partial charge in [-0.3, -0.25) is 4.79 Å². The van der Waals surface area contributed by atoms with Gasteiger partial charge in [-0.2, -0.15) is 5.10 Å². The van der Waals surface area contributed by atoms with Crippen LogP contribution in [0.4, 0.5) is 0 Å². The van der Waals surface area contributed by atoms with Gasteiger partial charge in [0.15, 0.2) is 0 Å². The molecule has 28 heavy (non-hydrogen) atoms. The third-order valence-electron chi connectivity index (χ3n) is 3.84. The number of hydrogen-bond acceptors (Lipinski definition) is 4. The van der Waals surface area contributed by atoms with E-state index in [1.807, 2.05) is 42.5 Å². The van der Waals surface area contributed by atoms with Gasteiger partial charge in [0, 0.05) is 5.56 Å². The number of phenols is 2. The quantitative estimate of drug-likeness (QED) is 0.335. The summed E-state index contributed by atoms with van der Waals surface area (Å²) in [6, 6.07) is 18.7. The van der Waals surface area contributed by atoms with Crippen LogP contribution in [-0.2, 0) is 0 Å². The van der Waals surface area contributed by atoms with E-state index in [1.54, 1.807) is 18.2 Å². The molecule has 3 rings (SSSR count). The average Bonchev–Trinajstić information content (AvgIpc) is 2.69. The van der Waals surface area contributed by atoms with Crippen LogP contribution in [0.15, 0.2) is 71.8 Å². The van der Waals surface area contributed by atoms with Gasteiger partial charge in [-0.1, -0.05) is 54.1 Å². The van der Waals surface area contributed by atoms with Crippen LogP contribution < -0.4 is 5.43 Å². The number of carbonyl (C=O) groups excluding carboxylic acids is 1. The number of nitrogens with one attached hydrogen (secondary N) is 1. The molecule has 0 heterocycles. The lowest BCUT2D eigenvalue weighted by molar-refractivity contribution is 0.0955. The Morgan fingerprint density at radius 3 is 2.29 bits per heavy atom. The Labute approximate surface area is 167 Å². The van der Waals surface area contributed by atoms with Crippen LogP contribution in [0.25, 0.3) is 12.2 Å². The number of benzene rings is 3. The molecule has 3 aromatic carbocycles. The summed E-state index contributed by atoms with van der Waals surface area (Å²) in [5.41, 5.74) is 5.36. The predicted molar refractivity (Wildman–Crippen MR) is 112 cm³/mol. The van der Waals surface area contributed by atoms with E-state index in [2.05, 4.69) is 10.5 Å². The van der Waals surface area contributed by atoms with E-state index in [9.17, 15) is 15.0 Å². The molecule has 0 atom stereocenters. The summed E-state index contributed by atoms with van der Waals surface area (Å²) >= 11 is 5.80. The molecule has 0 fully saturated rings. The van der Waals surface area contributed by atoms with Gasteiger partial charge < -0.3 is 10.2 Å². The van der Waals surface area contributed by atoms with Gasteiger partial charge in [-0.15, -0.1) is 0 Å². The molecule has 0 aromatic heterocycles. The van der Waals surface area contributed by atoms with Crippen molar-refractivity contribution in [1.29, 1.82) is 0 Å². The first-order valence-corrected chi connectivity index (χ1v) is 8.78. The molecule has 0 saturated heterocycles. The van der Waals surface area contributed by atoms with Crippen molar-refractivity contribution in [2.75, 3.05) is 0 Å². The topological polar surface area (TPSA) is 81.9 Å². The highest BCUT2D eigenvalue weighted by atomic mass is 35.5. The summed E-state index contributed by atoms with van der Waals surface area (Å²) in [6.07, 6.45) is 5.35. The van der Waals surface area contributed by atoms with Crippen molar-refractivity contribution in [3.05, 3.63) is 94.0 Å². The van der Waals surface area contributed by atoms with Crippen LogP contribution in [0, 0.1) is 0 Å². The van der Waals surface area contributed by atoms with E-state index >= 15 is 0 Å². The smallest absolute Gasteiger partial charge is 0.271 e. The monoisotopic (exact) mass is 392 g/mol. The molecule has 140 valence electrons. The van der Waals surface area contributed by atoms with E-state index in [0.717, 1.165) is 16.7 Å². The molecule has 0 aliphatic heterocycles. The number of amides is 1. The maximum absolute atomic E-state index is 12.1. The van der Waals surface area contributed by atoms with Crippen molar-refractivity contribution in [1.82, 2.24) is 5.43 Å². The summed E-state index contributed by atoms with van der Waals surface area (Å²) in [4.78, 5) is 12.1. The van der Waals surface area contributed by atoms with Crippen molar-refractivity contribution in [2.24, 2.45) is 5.10 Å². The standard InChI is InChI=1S/C22H17ClN2O3/c23-20-13-18(9-10-21(20)27)22(28)25-24-14-17-5-1-3-15(11-17)7-8-16-4-2-6-19(26)12-16/h1-14,26-27H,(H,25,28). The minimum atomic E-state index is -0.432. The number of halogens is 1. The Bertz CT molecular complexity index is 1060. The zero-order valence-corrected chi connectivity index (χ0v) is 15.5. The molecular weight excluding hydrogens is 376 g/mol. The lowest BCUT2D eigenvalue weighted by Gasteiger charge is -2.02. The van der Waals surface area contributed by atoms with Gasteiger partial charge >= 0.3 is 0 Å². The van der Waals surface area contributed by atoms with Crippen LogP contribution in [0.2, 0.25) is 5.02 Å². The van der Waals surface area contributed by atoms with Crippen molar-refractivity contribution in [2.45, 2.75) is 0 Å². The van der Waals surface area contributed by atoms with Gasteiger partial charge in [0.1, 0.15) is 11.5 Å². The normalized spacial score (nSPS) is 11.2. The first-order valence-electron chi connectivity index (χ1n) is 8.40. The van der Waals surface area contributed by atoms with Gasteiger partial charge in [-0.25, -0.2) is 5.43 Å². The van der Waals surface area contributed by atoms with Crippen LogP contribution >= 0.6 is 11.6 Å². The van der Waals surface area contributed by atoms with E-state index in [-0.39, 0.29) is 16.5 Å². The fourth-order valence-corrected chi connectivity index (χ4v) is 2.62. The summed E-state index contributed by atoms with van der Waals surface area (Å²) in [7, 11) is 0. The summed E-state index contributed by atoms with van der Waals surface area (Å²) in [5, 5.41) is 23.0. The molecule has 0 bridgehead atoms. The van der Waals surface area contributed by atoms with Gasteiger partial charge in [0.05, 0.1) is 11.2 Å². The SMILES string of the molecule is O=C(NN=Cc1cccc(C=Cc2cccc(O)c2)c1)c1ccc(O)c(Cl)c1. The minimum Gasteiger partial charge on any atom is -0.508 e. The zero-order valence-electron chi connectivity index (χ0n) is 14.7. The van der Waals surface area contributed by atoms with E-state index in [4.69, 9.17) is 11.6 Å². The molecule has 5 nitrogen and oxygen atoms in total. The summed E-state index contributed by atoms with van der Waals surface area (Å²) < 4.78 is 0. The second-order valence-corrected chi connectivity index (χ2v) is 6.37. The highest BCUT2D eigenvalue weighted by Gasteiger charge is 2.07. The second-order valence-electron chi connectivity index (χ2n) is 5.96. The largest absolute Gasteiger partial charge is 0.508 e. The van der Waals surface area contributed by atoms with E-state index < -0.39 is 5.91 Å². The fourth-order valence-electron chi connectivity index (χ4n) is 2.44. The van der Waals surface area contributed by atoms with Crippen LogP contribution in [0.1, 0.15) is 27.0 Å². The highest BCUT2D eigenvalue weighted by molar-refractivity contribution is 6.32. The van der Waals surface area contributed by atoms with Crippen molar-refractivity contribution in [3.63, 3.8) is 0 Å². The van der Waals surface area contributed by atoms with Gasteiger partial charge in [0.25, 0.3) is 5.91 Å². The van der Waals surface area contributed by atoms with Crippen LogP contribution in [-0.4, -0.2) is 22.3 Å². The maximum atomic E-state index is 12.1. The lowest BCUT2D eigenvalue weighted by Crippen LogP contribution is -2.17. The number of hydrazone groups is 1. The summed E-state index contributed by atoms with van der Waals surface area (Å²) in [5.74, 6) is -0.302. The number of carbonyl (C=O) groups is 1. The van der Waals surface area contributed by atoms with E-state index in [1.165, 1.54) is 24.4 Å². The number of rotatable bonds is 5. The Balaban J connectivity index is 1.65. The van der Waals surface area contributed by atoms with Crippen LogP contribution in [0.5, 0.6) is 11.5 Å². The molecule has 0 unspecified atom stereocenters. The number of phenolic OH excluding ortho intramolecular Hbond substituents is 2. The Kier molecular flexibility index (Phi) is 6.09. The molecule has 0 saturated carbocycles. The minimum absolute atomic E-state index is 0.0858. The molecule has 3 N–H and O–H groups in total. The predicted octanol–water partition coefficient (Wildman–Crippen LogP) is 4.69.